The van der Waals surface area contributed by atoms with Crippen LogP contribution in [-0.2, 0) is 35.7 Å². The van der Waals surface area contributed by atoms with E-state index in [1.165, 1.54) is 23.0 Å². The number of aliphatic hydroxyl groups excluding tert-OH is 2. The van der Waals surface area contributed by atoms with Crippen LogP contribution in [0.2, 0.25) is 0 Å². The fourth-order valence-electron chi connectivity index (χ4n) is 5.86. The van der Waals surface area contributed by atoms with Crippen molar-refractivity contribution in [1.29, 1.82) is 0 Å². The molecule has 0 saturated carbocycles. The van der Waals surface area contributed by atoms with Gasteiger partial charge < -0.3 is 40.9 Å². The molecule has 4 heterocycles. The molecule has 4 aromatic carbocycles. The molecule has 0 atom stereocenters. The summed E-state index contributed by atoms with van der Waals surface area (Å²) in [6.07, 6.45) is 6.54. The van der Waals surface area contributed by atoms with Crippen molar-refractivity contribution in [3.63, 3.8) is 0 Å². The molecule has 0 aliphatic heterocycles. The number of benzene rings is 4. The Morgan fingerprint density at radius 1 is 0.444 bits per heavy atom. The maximum atomic E-state index is 11.6. The second kappa shape index (κ2) is 39.1. The molecule has 0 amide bonds. The van der Waals surface area contributed by atoms with E-state index in [0.29, 0.717) is 50.8 Å². The molecule has 0 bridgehead atoms. The Hall–Kier alpha value is -6.56. The molecule has 0 spiro atoms. The number of hydrogen-bond donors (Lipinski definition) is 4. The maximum absolute atomic E-state index is 11.6. The van der Waals surface area contributed by atoms with Gasteiger partial charge in [0.2, 0.25) is 0 Å². The molecular weight excluding hydrogens is 951 g/mol. The third-order valence-corrected chi connectivity index (χ3v) is 8.85. The number of nitrogens with zero attached hydrogens (tertiary/aromatic N) is 8. The molecule has 372 valence electrons. The van der Waals surface area contributed by atoms with Crippen molar-refractivity contribution in [2.75, 3.05) is 27.4 Å². The van der Waals surface area contributed by atoms with Crippen molar-refractivity contribution < 1.29 is 119 Å². The zero-order valence-corrected chi connectivity index (χ0v) is 45.1. The molecule has 6 N–H and O–H groups in total. The molecule has 0 fully saturated rings. The molecular formula is C50H58N8Na2O12. The first-order valence-corrected chi connectivity index (χ1v) is 21.1. The van der Waals surface area contributed by atoms with Crippen LogP contribution in [0.25, 0.3) is 0 Å². The number of carbonyl (C=O) groups excluding carboxylic acids is 2. The standard InChI is InChI=1S/2C13H14N2O2.2C11H10N2O2.2CH4O.2Na.2H2O/c1-2-17-13(16)12-8-9-15(14-12)10-11-6-4-3-5-7-11;1-2-17-13(16)12-8-9-14-15(12)10-11-6-4-3-5-7-11;14-11(15)10-6-7-13(12-10)8-9-4-2-1-3-5-9;14-11(15)10-6-7-12-13(10)8-9-4-2-1-3-5-9;2*1-2;;;;/h2*3-9H,2,10H2,1H3;2*1-7H,8H2,(H,14,15);2*2H,1H3;;;2*1H2/q;;;;;;2*+1;;/p-2. The average molecular weight is 1010 g/mol. The number of carboxylic acid groups (broad SMARTS) is 2. The van der Waals surface area contributed by atoms with Crippen LogP contribution in [0.5, 0.6) is 0 Å². The third-order valence-electron chi connectivity index (χ3n) is 8.85. The van der Waals surface area contributed by atoms with Crippen LogP contribution in [0.3, 0.4) is 0 Å². The van der Waals surface area contributed by atoms with E-state index in [9.17, 15) is 19.2 Å². The van der Waals surface area contributed by atoms with Gasteiger partial charge in [0.05, 0.1) is 39.4 Å². The molecule has 0 aliphatic rings. The van der Waals surface area contributed by atoms with Crippen LogP contribution >= 0.6 is 0 Å². The summed E-state index contributed by atoms with van der Waals surface area (Å²) in [5.74, 6) is -2.66. The van der Waals surface area contributed by atoms with Gasteiger partial charge in [0.1, 0.15) is 11.4 Å². The second-order valence-electron chi connectivity index (χ2n) is 13.5. The van der Waals surface area contributed by atoms with Gasteiger partial charge in [-0.2, -0.15) is 20.4 Å². The molecule has 0 saturated heterocycles. The van der Waals surface area contributed by atoms with E-state index in [2.05, 4.69) is 20.4 Å². The van der Waals surface area contributed by atoms with Gasteiger partial charge in [-0.1, -0.05) is 121 Å². The van der Waals surface area contributed by atoms with Gasteiger partial charge in [-0.05, 0) is 60.4 Å². The summed E-state index contributed by atoms with van der Waals surface area (Å²) in [5, 5.41) is 47.7. The van der Waals surface area contributed by atoms with Gasteiger partial charge >= 0.3 is 83.0 Å². The van der Waals surface area contributed by atoms with Gasteiger partial charge in [-0.3, -0.25) is 18.7 Å². The number of ether oxygens (including phenoxy) is 2. The van der Waals surface area contributed by atoms with E-state index in [1.807, 2.05) is 121 Å². The van der Waals surface area contributed by atoms with E-state index >= 15 is 0 Å². The van der Waals surface area contributed by atoms with Crippen molar-refractivity contribution in [3.05, 3.63) is 215 Å². The van der Waals surface area contributed by atoms with E-state index in [4.69, 9.17) is 29.9 Å². The van der Waals surface area contributed by atoms with Gasteiger partial charge in [0.15, 0.2) is 11.4 Å². The summed E-state index contributed by atoms with van der Waals surface area (Å²) in [6, 6.07) is 45.6. The zero-order valence-electron chi connectivity index (χ0n) is 41.1. The van der Waals surface area contributed by atoms with Crippen molar-refractivity contribution in [3.8, 4) is 0 Å². The van der Waals surface area contributed by atoms with E-state index < -0.39 is 11.9 Å². The summed E-state index contributed by atoms with van der Waals surface area (Å²) in [4.78, 5) is 44.4. The minimum atomic E-state index is -0.998. The molecule has 8 rings (SSSR count). The number of rotatable bonds is 14. The number of hydrogen-bond acceptors (Lipinski definition) is 14. The Morgan fingerprint density at radius 3 is 1.14 bits per heavy atom. The molecule has 0 aliphatic carbocycles. The summed E-state index contributed by atoms with van der Waals surface area (Å²) >= 11 is 0. The van der Waals surface area contributed by atoms with Crippen molar-refractivity contribution >= 4 is 23.9 Å². The smallest absolute Gasteiger partial charge is 0.870 e. The minimum absolute atomic E-state index is 0. The summed E-state index contributed by atoms with van der Waals surface area (Å²) in [6.45, 7) is 6.60. The molecule has 0 unspecified atom stereocenters. The number of carbonyl (C=O) groups is 4. The van der Waals surface area contributed by atoms with Crippen LogP contribution < -0.4 is 59.1 Å². The maximum Gasteiger partial charge on any atom is 1.00 e. The van der Waals surface area contributed by atoms with Gasteiger partial charge in [-0.15, -0.1) is 0 Å². The summed E-state index contributed by atoms with van der Waals surface area (Å²) < 4.78 is 16.3. The predicted octanol–water partition coefficient (Wildman–Crippen LogP) is 0.347. The predicted molar refractivity (Wildman–Crippen MR) is 257 cm³/mol. The fraction of sp³-hybridized carbons (Fsp3) is 0.200. The Morgan fingerprint density at radius 2 is 0.778 bits per heavy atom. The number of esters is 2. The monoisotopic (exact) mass is 1010 g/mol. The summed E-state index contributed by atoms with van der Waals surface area (Å²) in [5.41, 5.74) is 5.48. The molecule has 8 aromatic rings. The van der Waals surface area contributed by atoms with Crippen LogP contribution in [0.1, 0.15) is 78.1 Å². The number of aliphatic hydroxyl groups is 2. The first kappa shape index (κ1) is 67.5. The first-order chi connectivity index (χ1) is 33.1. The van der Waals surface area contributed by atoms with Crippen molar-refractivity contribution in [2.24, 2.45) is 0 Å². The second-order valence-corrected chi connectivity index (χ2v) is 13.5. The molecule has 22 heteroatoms. The van der Waals surface area contributed by atoms with Crippen LogP contribution in [0.4, 0.5) is 0 Å². The molecule has 20 nitrogen and oxygen atoms in total. The van der Waals surface area contributed by atoms with Crippen LogP contribution in [0.15, 0.2) is 170 Å². The topological polar surface area (TPSA) is 299 Å². The SMILES string of the molecule is CCOC(=O)c1ccn(Cc2ccccc2)n1.CCOC(=O)c1ccnn1Cc1ccccc1.CO.CO.O=C(O)c1ccn(Cc2ccccc2)n1.O=C(O)c1ccnn1Cc1ccccc1.[Na+].[Na+].[OH-].[OH-]. The van der Waals surface area contributed by atoms with Gasteiger partial charge in [0.25, 0.3) is 0 Å². The minimum Gasteiger partial charge on any atom is -0.870 e. The molecule has 0 radical (unpaired) electrons. The average Bonchev–Trinajstić information content (AvgIpc) is 4.22. The van der Waals surface area contributed by atoms with Crippen LogP contribution in [-0.4, -0.2) is 122 Å². The Labute approximate surface area is 461 Å². The van der Waals surface area contributed by atoms with Gasteiger partial charge in [-0.25, -0.2) is 19.2 Å². The molecule has 72 heavy (non-hydrogen) atoms. The largest absolute Gasteiger partial charge is 1.00 e. The third kappa shape index (κ3) is 24.0. The van der Waals surface area contributed by atoms with Gasteiger partial charge in [0, 0.05) is 39.0 Å². The quantitative estimate of drug-likeness (QED) is 0.0844. The Balaban J connectivity index is 0. The Bertz CT molecular complexity index is 2670. The van der Waals surface area contributed by atoms with Crippen molar-refractivity contribution in [1.82, 2.24) is 39.1 Å². The van der Waals surface area contributed by atoms with E-state index in [1.54, 1.807) is 58.6 Å². The van der Waals surface area contributed by atoms with Crippen LogP contribution in [0, 0.1) is 0 Å². The van der Waals surface area contributed by atoms with E-state index in [0.717, 1.165) is 36.5 Å². The normalized spacial score (nSPS) is 9.19. The molecule has 4 aromatic heterocycles. The fourth-order valence-corrected chi connectivity index (χ4v) is 5.86. The zero-order chi connectivity index (χ0) is 49.5. The number of aromatic carboxylic acids is 2. The first-order valence-electron chi connectivity index (χ1n) is 21.1. The number of carboxylic acids is 2. The Kier molecular flexibility index (Phi) is 36.7. The number of aromatic nitrogens is 8. The van der Waals surface area contributed by atoms with Crippen molar-refractivity contribution in [2.45, 2.75) is 40.0 Å². The van der Waals surface area contributed by atoms with E-state index in [-0.39, 0.29) is 93.4 Å². The summed E-state index contributed by atoms with van der Waals surface area (Å²) in [7, 11) is 2.00.